The monoisotopic (exact) mass is 306 g/mol. The summed E-state index contributed by atoms with van der Waals surface area (Å²) in [4.78, 5) is 13.1. The molecule has 0 aliphatic heterocycles. The summed E-state index contributed by atoms with van der Waals surface area (Å²) in [5, 5.41) is 0. The van der Waals surface area contributed by atoms with E-state index >= 15 is 0 Å². The van der Waals surface area contributed by atoms with E-state index in [0.29, 0.717) is 5.92 Å². The molecule has 1 atom stereocenters. The van der Waals surface area contributed by atoms with Crippen LogP contribution in [0, 0.1) is 5.92 Å². The van der Waals surface area contributed by atoms with Crippen LogP contribution in [0.25, 0.3) is 0 Å². The minimum atomic E-state index is 0.00157. The Morgan fingerprint density at radius 1 is 0.826 bits per heavy atom. The Bertz CT molecular complexity index is 594. The summed E-state index contributed by atoms with van der Waals surface area (Å²) in [5.41, 5.74) is 2.01. The van der Waals surface area contributed by atoms with Crippen LogP contribution >= 0.6 is 0 Å². The van der Waals surface area contributed by atoms with Crippen molar-refractivity contribution in [3.8, 4) is 0 Å². The minimum Gasteiger partial charge on any atom is -0.293 e. The Hall–Kier alpha value is -1.89. The summed E-state index contributed by atoms with van der Waals surface area (Å²) in [6.07, 6.45) is 8.93. The van der Waals surface area contributed by atoms with E-state index < -0.39 is 0 Å². The lowest BCUT2D eigenvalue weighted by atomic mass is 9.81. The van der Waals surface area contributed by atoms with Crippen LogP contribution in [0.1, 0.15) is 66.8 Å². The van der Waals surface area contributed by atoms with Gasteiger partial charge in [0.15, 0.2) is 5.78 Å². The lowest BCUT2D eigenvalue weighted by molar-refractivity contribution is 0.0944. The molecule has 0 radical (unpaired) electrons. The highest BCUT2D eigenvalue weighted by Crippen LogP contribution is 2.34. The van der Waals surface area contributed by atoms with E-state index in [0.717, 1.165) is 12.0 Å². The molecule has 120 valence electrons. The first-order valence-electron chi connectivity index (χ1n) is 8.99. The van der Waals surface area contributed by atoms with E-state index in [-0.39, 0.29) is 11.7 Å². The molecule has 1 nitrogen and oxygen atoms in total. The van der Waals surface area contributed by atoms with Gasteiger partial charge in [-0.1, -0.05) is 99.2 Å². The maximum Gasteiger partial charge on any atom is 0.170 e. The van der Waals surface area contributed by atoms with E-state index in [2.05, 4.69) is 12.1 Å². The summed E-state index contributed by atoms with van der Waals surface area (Å²) in [6.45, 7) is 0. The molecule has 23 heavy (non-hydrogen) atoms. The van der Waals surface area contributed by atoms with Gasteiger partial charge in [0.25, 0.3) is 0 Å². The molecule has 0 aromatic heterocycles. The number of benzene rings is 2. The zero-order valence-corrected chi connectivity index (χ0v) is 13.8. The number of hydrogen-bond donors (Lipinski definition) is 0. The second-order valence-electron chi connectivity index (χ2n) is 6.79. The number of carbonyl (C=O) groups excluding carboxylic acids is 1. The molecule has 0 amide bonds. The van der Waals surface area contributed by atoms with Crippen molar-refractivity contribution in [2.24, 2.45) is 5.92 Å². The highest BCUT2D eigenvalue weighted by molar-refractivity contribution is 6.00. The first kappa shape index (κ1) is 16.0. The van der Waals surface area contributed by atoms with Crippen molar-refractivity contribution in [2.75, 3.05) is 0 Å². The Labute approximate surface area is 139 Å². The fourth-order valence-corrected chi connectivity index (χ4v) is 3.82. The highest BCUT2D eigenvalue weighted by atomic mass is 16.1. The zero-order valence-electron chi connectivity index (χ0n) is 13.8. The molecule has 1 aliphatic carbocycles. The molecule has 2 aromatic carbocycles. The summed E-state index contributed by atoms with van der Waals surface area (Å²) in [6, 6.07) is 20.1. The van der Waals surface area contributed by atoms with E-state index in [1.165, 1.54) is 44.1 Å². The van der Waals surface area contributed by atoms with Crippen molar-refractivity contribution in [1.29, 1.82) is 0 Å². The van der Waals surface area contributed by atoms with Gasteiger partial charge in [0.05, 0.1) is 0 Å². The van der Waals surface area contributed by atoms with Gasteiger partial charge in [0, 0.05) is 11.5 Å². The zero-order chi connectivity index (χ0) is 15.9. The Kier molecular flexibility index (Phi) is 5.63. The van der Waals surface area contributed by atoms with Crippen LogP contribution in [0.3, 0.4) is 0 Å². The molecule has 1 fully saturated rings. The van der Waals surface area contributed by atoms with E-state index in [9.17, 15) is 4.79 Å². The Morgan fingerprint density at radius 2 is 1.39 bits per heavy atom. The van der Waals surface area contributed by atoms with Crippen molar-refractivity contribution in [2.45, 2.75) is 50.9 Å². The molecule has 0 N–H and O–H groups in total. The summed E-state index contributed by atoms with van der Waals surface area (Å²) >= 11 is 0. The van der Waals surface area contributed by atoms with Crippen molar-refractivity contribution < 1.29 is 4.79 Å². The lowest BCUT2D eigenvalue weighted by Crippen LogP contribution is -2.17. The summed E-state index contributed by atoms with van der Waals surface area (Å²) in [7, 11) is 0. The van der Waals surface area contributed by atoms with Crippen molar-refractivity contribution in [3.63, 3.8) is 0 Å². The van der Waals surface area contributed by atoms with Crippen LogP contribution in [-0.4, -0.2) is 5.78 Å². The Morgan fingerprint density at radius 3 is 2.00 bits per heavy atom. The SMILES string of the molecule is O=C(c1ccccc1)C(CC1CCCCCC1)c1ccccc1. The molecule has 3 rings (SSSR count). The summed E-state index contributed by atoms with van der Waals surface area (Å²) < 4.78 is 0. The van der Waals surface area contributed by atoms with Crippen molar-refractivity contribution in [3.05, 3.63) is 71.8 Å². The molecule has 2 aromatic rings. The van der Waals surface area contributed by atoms with Crippen molar-refractivity contribution in [1.82, 2.24) is 0 Å². The minimum absolute atomic E-state index is 0.00157. The van der Waals surface area contributed by atoms with Gasteiger partial charge in [-0.05, 0) is 17.9 Å². The van der Waals surface area contributed by atoms with Crippen LogP contribution < -0.4 is 0 Å². The van der Waals surface area contributed by atoms with Gasteiger partial charge in [0.2, 0.25) is 0 Å². The van der Waals surface area contributed by atoms with Gasteiger partial charge < -0.3 is 0 Å². The van der Waals surface area contributed by atoms with E-state index in [1.807, 2.05) is 48.5 Å². The lowest BCUT2D eigenvalue weighted by Gasteiger charge is -2.22. The van der Waals surface area contributed by atoms with E-state index in [4.69, 9.17) is 0 Å². The molecular weight excluding hydrogens is 280 g/mol. The van der Waals surface area contributed by atoms with Crippen LogP contribution in [0.5, 0.6) is 0 Å². The molecule has 0 heterocycles. The van der Waals surface area contributed by atoms with Crippen LogP contribution in [0.4, 0.5) is 0 Å². The number of rotatable bonds is 5. The van der Waals surface area contributed by atoms with Gasteiger partial charge in [0.1, 0.15) is 0 Å². The molecule has 1 saturated carbocycles. The topological polar surface area (TPSA) is 17.1 Å². The van der Waals surface area contributed by atoms with Gasteiger partial charge in [-0.3, -0.25) is 4.79 Å². The van der Waals surface area contributed by atoms with Crippen molar-refractivity contribution >= 4 is 5.78 Å². The normalized spacial score (nSPS) is 17.4. The first-order valence-corrected chi connectivity index (χ1v) is 8.99. The number of ketones is 1. The molecule has 1 unspecified atom stereocenters. The third-order valence-corrected chi connectivity index (χ3v) is 5.12. The highest BCUT2D eigenvalue weighted by Gasteiger charge is 2.26. The molecule has 0 spiro atoms. The Balaban J connectivity index is 1.83. The number of Topliss-reactive ketones (excluding diaryl/α,β-unsaturated/α-hetero) is 1. The predicted octanol–water partition coefficient (Wildman–Crippen LogP) is 6.01. The fraction of sp³-hybridized carbons (Fsp3) is 0.409. The van der Waals surface area contributed by atoms with Gasteiger partial charge in [-0.25, -0.2) is 0 Å². The molecular formula is C22H26O. The first-order chi connectivity index (χ1) is 11.3. The van der Waals surface area contributed by atoms with Crippen LogP contribution in [0.2, 0.25) is 0 Å². The maximum absolute atomic E-state index is 13.1. The van der Waals surface area contributed by atoms with Gasteiger partial charge in [-0.15, -0.1) is 0 Å². The standard InChI is InChI=1S/C22H26O/c23-22(20-15-9-4-10-16-20)21(19-13-7-3-8-14-19)17-18-11-5-1-2-6-12-18/h3-4,7-10,13-16,18,21H,1-2,5-6,11-12,17H2. The second-order valence-corrected chi connectivity index (χ2v) is 6.79. The predicted molar refractivity (Wildman–Crippen MR) is 95.8 cm³/mol. The largest absolute Gasteiger partial charge is 0.293 e. The van der Waals surface area contributed by atoms with Gasteiger partial charge >= 0.3 is 0 Å². The number of carbonyl (C=O) groups is 1. The smallest absolute Gasteiger partial charge is 0.170 e. The molecule has 1 aliphatic rings. The van der Waals surface area contributed by atoms with Gasteiger partial charge in [-0.2, -0.15) is 0 Å². The van der Waals surface area contributed by atoms with E-state index in [1.54, 1.807) is 0 Å². The third-order valence-electron chi connectivity index (χ3n) is 5.12. The number of hydrogen-bond acceptors (Lipinski definition) is 1. The van der Waals surface area contributed by atoms with Crippen LogP contribution in [0.15, 0.2) is 60.7 Å². The molecule has 0 bridgehead atoms. The molecule has 0 saturated heterocycles. The average Bonchev–Trinajstić information content (AvgIpc) is 2.89. The summed E-state index contributed by atoms with van der Waals surface area (Å²) in [5.74, 6) is 0.970. The second kappa shape index (κ2) is 8.10. The van der Waals surface area contributed by atoms with Crippen LogP contribution in [-0.2, 0) is 0 Å². The fourth-order valence-electron chi connectivity index (χ4n) is 3.82. The maximum atomic E-state index is 13.1. The molecule has 1 heteroatoms. The average molecular weight is 306 g/mol. The quantitative estimate of drug-likeness (QED) is 0.488. The third kappa shape index (κ3) is 4.31.